The lowest BCUT2D eigenvalue weighted by Gasteiger charge is -2.43. The second kappa shape index (κ2) is 6.69. The minimum atomic E-state index is -3.25. The van der Waals surface area contributed by atoms with E-state index in [0.29, 0.717) is 38.3 Å². The van der Waals surface area contributed by atoms with Crippen molar-refractivity contribution in [3.63, 3.8) is 0 Å². The van der Waals surface area contributed by atoms with Gasteiger partial charge in [-0.2, -0.15) is 5.10 Å². The third kappa shape index (κ3) is 3.45. The zero-order valence-corrected chi connectivity index (χ0v) is 15.8. The summed E-state index contributed by atoms with van der Waals surface area (Å²) in [6, 6.07) is 0. The summed E-state index contributed by atoms with van der Waals surface area (Å²) in [5.74, 6) is 0.0459. The lowest BCUT2D eigenvalue weighted by atomic mass is 9.73. The fourth-order valence-electron chi connectivity index (χ4n) is 4.02. The van der Waals surface area contributed by atoms with Gasteiger partial charge in [0, 0.05) is 51.4 Å². The first-order valence-corrected chi connectivity index (χ1v) is 10.4. The van der Waals surface area contributed by atoms with Crippen LogP contribution in [0.5, 0.6) is 0 Å². The Morgan fingerprint density at radius 2 is 2.20 bits per heavy atom. The summed E-state index contributed by atoms with van der Waals surface area (Å²) in [6.07, 6.45) is 5.34. The molecule has 0 aliphatic carbocycles. The van der Waals surface area contributed by atoms with Crippen LogP contribution in [0.3, 0.4) is 0 Å². The number of likely N-dealkylation sites (tertiary alicyclic amines) is 1. The molecule has 3 heterocycles. The first-order valence-electron chi connectivity index (χ1n) is 8.55. The van der Waals surface area contributed by atoms with E-state index in [0.717, 1.165) is 13.0 Å². The van der Waals surface area contributed by atoms with Crippen molar-refractivity contribution in [3.8, 4) is 0 Å². The Labute approximate surface area is 148 Å². The van der Waals surface area contributed by atoms with Gasteiger partial charge in [0.15, 0.2) is 0 Å². The van der Waals surface area contributed by atoms with Crippen molar-refractivity contribution < 1.29 is 17.9 Å². The van der Waals surface area contributed by atoms with Crippen LogP contribution >= 0.6 is 0 Å². The van der Waals surface area contributed by atoms with E-state index in [-0.39, 0.29) is 17.2 Å². The van der Waals surface area contributed by atoms with E-state index >= 15 is 0 Å². The van der Waals surface area contributed by atoms with Gasteiger partial charge in [-0.05, 0) is 19.3 Å². The van der Waals surface area contributed by atoms with E-state index in [1.54, 1.807) is 24.2 Å². The Morgan fingerprint density at radius 1 is 1.44 bits per heavy atom. The Kier molecular flexibility index (Phi) is 4.91. The molecule has 140 valence electrons. The molecule has 3 rings (SSSR count). The third-order valence-electron chi connectivity index (χ3n) is 5.49. The van der Waals surface area contributed by atoms with Crippen molar-refractivity contribution in [2.24, 2.45) is 11.3 Å². The Balaban J connectivity index is 1.78. The summed E-state index contributed by atoms with van der Waals surface area (Å²) in [5, 5.41) is 4.17. The van der Waals surface area contributed by atoms with E-state index in [2.05, 4.69) is 5.10 Å². The van der Waals surface area contributed by atoms with Gasteiger partial charge >= 0.3 is 0 Å². The number of nitrogens with zero attached hydrogens (tertiary/aromatic N) is 4. The fourth-order valence-corrected chi connectivity index (χ4v) is 4.97. The molecule has 2 aliphatic heterocycles. The predicted molar refractivity (Wildman–Crippen MR) is 92.6 cm³/mol. The molecule has 1 amide bonds. The Morgan fingerprint density at radius 3 is 2.80 bits per heavy atom. The molecule has 1 aromatic heterocycles. The Bertz CT molecular complexity index is 747. The molecule has 0 radical (unpaired) electrons. The minimum Gasteiger partial charge on any atom is -0.384 e. The van der Waals surface area contributed by atoms with Crippen LogP contribution in [-0.2, 0) is 21.3 Å². The molecule has 2 aliphatic rings. The van der Waals surface area contributed by atoms with E-state index in [9.17, 15) is 13.2 Å². The van der Waals surface area contributed by atoms with Crippen LogP contribution in [0.4, 0.5) is 0 Å². The number of aryl methyl sites for hydroxylation is 1. The maximum absolute atomic E-state index is 12.8. The smallest absolute Gasteiger partial charge is 0.257 e. The number of sulfonamides is 1. The molecular weight excluding hydrogens is 344 g/mol. The number of methoxy groups -OCH3 is 1. The number of carbonyl (C=O) groups is 1. The van der Waals surface area contributed by atoms with Crippen LogP contribution in [0, 0.1) is 11.3 Å². The van der Waals surface area contributed by atoms with Gasteiger partial charge in [-0.25, -0.2) is 12.7 Å². The number of carbonyl (C=O) groups excluding carboxylic acids is 1. The summed E-state index contributed by atoms with van der Waals surface area (Å²) in [7, 11) is -1.60. The summed E-state index contributed by atoms with van der Waals surface area (Å²) < 4.78 is 32.6. The van der Waals surface area contributed by atoms with Gasteiger partial charge in [-0.1, -0.05) is 0 Å². The highest BCUT2D eigenvalue weighted by molar-refractivity contribution is 7.88. The van der Waals surface area contributed by atoms with E-state index in [1.165, 1.54) is 10.6 Å². The van der Waals surface area contributed by atoms with Gasteiger partial charge < -0.3 is 9.64 Å². The number of amides is 1. The molecular formula is C16H26N4O4S. The van der Waals surface area contributed by atoms with Crippen molar-refractivity contribution in [1.82, 2.24) is 19.0 Å². The second-order valence-corrected chi connectivity index (χ2v) is 9.12. The number of rotatable bonds is 5. The molecule has 2 fully saturated rings. The van der Waals surface area contributed by atoms with Gasteiger partial charge in [0.1, 0.15) is 0 Å². The van der Waals surface area contributed by atoms with Crippen LogP contribution in [0.25, 0.3) is 0 Å². The van der Waals surface area contributed by atoms with Crippen LogP contribution in [-0.4, -0.2) is 79.5 Å². The van der Waals surface area contributed by atoms with E-state index in [1.807, 2.05) is 11.8 Å². The molecule has 2 saturated heterocycles. The standard InChI is InChI=1S/C16H26N4O4S/c1-4-19-8-13(7-17-19)15(21)18-6-5-16(12-24-2)11-20(25(3,22)23)10-14(16)9-18/h7-8,14H,4-6,9-12H2,1-3H3/t14-,16+/m1/s1. The highest BCUT2D eigenvalue weighted by Gasteiger charge is 2.52. The van der Waals surface area contributed by atoms with Crippen LogP contribution < -0.4 is 0 Å². The molecule has 0 N–H and O–H groups in total. The van der Waals surface area contributed by atoms with Crippen molar-refractivity contribution in [2.75, 3.05) is 46.2 Å². The molecule has 8 nitrogen and oxygen atoms in total. The van der Waals surface area contributed by atoms with Crippen LogP contribution in [0.15, 0.2) is 12.4 Å². The van der Waals surface area contributed by atoms with E-state index in [4.69, 9.17) is 4.74 Å². The van der Waals surface area contributed by atoms with Gasteiger partial charge in [-0.3, -0.25) is 9.48 Å². The van der Waals surface area contributed by atoms with Gasteiger partial charge in [0.25, 0.3) is 5.91 Å². The average Bonchev–Trinajstić information content (AvgIpc) is 3.18. The first-order chi connectivity index (χ1) is 11.8. The van der Waals surface area contributed by atoms with Crippen molar-refractivity contribution in [3.05, 3.63) is 18.0 Å². The first kappa shape index (κ1) is 18.3. The summed E-state index contributed by atoms with van der Waals surface area (Å²) in [6.45, 7) is 5.27. The third-order valence-corrected chi connectivity index (χ3v) is 6.71. The quantitative estimate of drug-likeness (QED) is 0.743. The summed E-state index contributed by atoms with van der Waals surface area (Å²) in [4.78, 5) is 14.6. The SMILES string of the molecule is CCn1cc(C(=O)N2CC[C@@]3(COC)CN(S(C)(=O)=O)C[C@H]3C2)cn1. The number of fused-ring (bicyclic) bond motifs is 1. The highest BCUT2D eigenvalue weighted by atomic mass is 32.2. The molecule has 0 bridgehead atoms. The lowest BCUT2D eigenvalue weighted by Crippen LogP contribution is -2.50. The Hall–Kier alpha value is -1.45. The van der Waals surface area contributed by atoms with Gasteiger partial charge in [0.2, 0.25) is 10.0 Å². The molecule has 0 saturated carbocycles. The molecule has 0 unspecified atom stereocenters. The molecule has 9 heteroatoms. The number of hydrogen-bond donors (Lipinski definition) is 0. The number of hydrogen-bond acceptors (Lipinski definition) is 5. The van der Waals surface area contributed by atoms with Crippen molar-refractivity contribution in [2.45, 2.75) is 19.9 Å². The van der Waals surface area contributed by atoms with Gasteiger partial charge in [0.05, 0.1) is 24.6 Å². The highest BCUT2D eigenvalue weighted by Crippen LogP contribution is 2.44. The maximum Gasteiger partial charge on any atom is 0.257 e. The number of ether oxygens (including phenoxy) is 1. The topological polar surface area (TPSA) is 84.7 Å². The maximum atomic E-state index is 12.8. The van der Waals surface area contributed by atoms with Crippen LogP contribution in [0.1, 0.15) is 23.7 Å². The molecule has 0 aromatic carbocycles. The molecule has 0 spiro atoms. The van der Waals surface area contributed by atoms with Gasteiger partial charge in [-0.15, -0.1) is 0 Å². The zero-order valence-electron chi connectivity index (χ0n) is 15.0. The van der Waals surface area contributed by atoms with Crippen LogP contribution in [0.2, 0.25) is 0 Å². The molecule has 2 atom stereocenters. The lowest BCUT2D eigenvalue weighted by molar-refractivity contribution is 0.00342. The predicted octanol–water partition coefficient (Wildman–Crippen LogP) is 0.273. The second-order valence-electron chi connectivity index (χ2n) is 7.13. The molecule has 1 aromatic rings. The number of piperidine rings is 1. The molecule has 25 heavy (non-hydrogen) atoms. The monoisotopic (exact) mass is 370 g/mol. The van der Waals surface area contributed by atoms with Crippen molar-refractivity contribution >= 4 is 15.9 Å². The largest absolute Gasteiger partial charge is 0.384 e. The minimum absolute atomic E-state index is 0.0384. The summed E-state index contributed by atoms with van der Waals surface area (Å²) >= 11 is 0. The zero-order chi connectivity index (χ0) is 18.2. The number of aromatic nitrogens is 2. The normalized spacial score (nSPS) is 27.5. The fraction of sp³-hybridized carbons (Fsp3) is 0.750. The van der Waals surface area contributed by atoms with E-state index < -0.39 is 10.0 Å². The van der Waals surface area contributed by atoms with Crippen molar-refractivity contribution in [1.29, 1.82) is 0 Å². The average molecular weight is 370 g/mol. The summed E-state index contributed by atoms with van der Waals surface area (Å²) in [5.41, 5.74) is 0.376.